The summed E-state index contributed by atoms with van der Waals surface area (Å²) in [6.07, 6.45) is 2.46. The van der Waals surface area contributed by atoms with Crippen LogP contribution in [0.4, 0.5) is 5.13 Å². The van der Waals surface area contributed by atoms with Gasteiger partial charge in [-0.15, -0.1) is 11.3 Å². The van der Waals surface area contributed by atoms with Gasteiger partial charge < -0.3 is 20.0 Å². The van der Waals surface area contributed by atoms with Gasteiger partial charge in [-0.3, -0.25) is 14.4 Å². The number of anilines is 1. The highest BCUT2D eigenvalue weighted by molar-refractivity contribution is 7.13. The lowest BCUT2D eigenvalue weighted by Gasteiger charge is -2.22. The van der Waals surface area contributed by atoms with Gasteiger partial charge in [0.25, 0.3) is 5.91 Å². The highest BCUT2D eigenvalue weighted by Gasteiger charge is 2.22. The van der Waals surface area contributed by atoms with Gasteiger partial charge in [-0.2, -0.15) is 0 Å². The van der Waals surface area contributed by atoms with Crippen LogP contribution in [0.15, 0.2) is 28.2 Å². The number of carbonyl (C=O) groups is 3. The van der Waals surface area contributed by atoms with Crippen LogP contribution in [-0.2, 0) is 16.0 Å². The maximum atomic E-state index is 12.5. The van der Waals surface area contributed by atoms with Gasteiger partial charge in [0, 0.05) is 18.5 Å². The molecule has 0 unspecified atom stereocenters. The summed E-state index contributed by atoms with van der Waals surface area (Å²) in [4.78, 5) is 42.4. The Hall–Kier alpha value is -2.68. The number of aromatic nitrogens is 1. The van der Waals surface area contributed by atoms with E-state index >= 15 is 0 Å². The average molecular weight is 407 g/mol. The first-order chi connectivity index (χ1) is 13.4. The summed E-state index contributed by atoms with van der Waals surface area (Å²) in [7, 11) is 0. The van der Waals surface area contributed by atoms with E-state index in [9.17, 15) is 14.4 Å². The van der Waals surface area contributed by atoms with E-state index in [0.29, 0.717) is 23.9 Å². The third-order valence-corrected chi connectivity index (χ3v) is 4.46. The summed E-state index contributed by atoms with van der Waals surface area (Å²) in [6, 6.07) is 3.21. The quantitative estimate of drug-likeness (QED) is 0.631. The van der Waals surface area contributed by atoms with E-state index in [-0.39, 0.29) is 42.4 Å². The molecule has 0 aliphatic carbocycles. The number of thiazole rings is 1. The predicted octanol–water partition coefficient (Wildman–Crippen LogP) is 2.54. The van der Waals surface area contributed by atoms with E-state index in [1.165, 1.54) is 22.5 Å². The second-order valence-electron chi connectivity index (χ2n) is 6.78. The molecule has 2 rings (SSSR count). The molecule has 9 heteroatoms. The molecule has 0 aliphatic rings. The van der Waals surface area contributed by atoms with Crippen LogP contribution in [0.5, 0.6) is 0 Å². The Balaban J connectivity index is 1.93. The summed E-state index contributed by atoms with van der Waals surface area (Å²) < 4.78 is 5.15. The maximum Gasteiger partial charge on any atom is 0.290 e. The van der Waals surface area contributed by atoms with Crippen LogP contribution >= 0.6 is 11.3 Å². The van der Waals surface area contributed by atoms with Crippen LogP contribution in [0.25, 0.3) is 0 Å². The van der Waals surface area contributed by atoms with Crippen LogP contribution in [0.1, 0.15) is 43.4 Å². The first-order valence-electron chi connectivity index (χ1n) is 9.22. The number of rotatable bonds is 10. The molecule has 0 aliphatic heterocycles. The second-order valence-corrected chi connectivity index (χ2v) is 7.63. The lowest BCUT2D eigenvalue weighted by Crippen LogP contribution is -2.40. The average Bonchev–Trinajstić information content (AvgIpc) is 3.30. The first kappa shape index (κ1) is 21.6. The van der Waals surface area contributed by atoms with E-state index in [1.807, 2.05) is 20.8 Å². The van der Waals surface area contributed by atoms with Gasteiger partial charge in [0.05, 0.1) is 18.4 Å². The number of hydrogen-bond acceptors (Lipinski definition) is 6. The molecule has 152 valence electrons. The molecule has 3 amide bonds. The number of hydrogen-bond donors (Lipinski definition) is 2. The monoisotopic (exact) mass is 406 g/mol. The molecule has 0 radical (unpaired) electrons. The van der Waals surface area contributed by atoms with Crippen molar-refractivity contribution in [3.63, 3.8) is 0 Å². The molecule has 8 nitrogen and oxygen atoms in total. The zero-order valence-electron chi connectivity index (χ0n) is 16.4. The molecule has 2 N–H and O–H groups in total. The Morgan fingerprint density at radius 2 is 2.07 bits per heavy atom. The minimum Gasteiger partial charge on any atom is -0.459 e. The van der Waals surface area contributed by atoms with E-state index in [0.717, 1.165) is 6.42 Å². The van der Waals surface area contributed by atoms with Crippen molar-refractivity contribution in [2.24, 2.45) is 5.92 Å². The van der Waals surface area contributed by atoms with Gasteiger partial charge in [0.2, 0.25) is 11.8 Å². The fraction of sp³-hybridized carbons (Fsp3) is 0.474. The van der Waals surface area contributed by atoms with Crippen LogP contribution in [0.2, 0.25) is 0 Å². The van der Waals surface area contributed by atoms with Crippen molar-refractivity contribution in [1.82, 2.24) is 15.2 Å². The van der Waals surface area contributed by atoms with Gasteiger partial charge in [-0.1, -0.05) is 20.8 Å². The summed E-state index contributed by atoms with van der Waals surface area (Å²) in [6.45, 7) is 6.86. The fourth-order valence-corrected chi connectivity index (χ4v) is 3.21. The summed E-state index contributed by atoms with van der Waals surface area (Å²) in [5.41, 5.74) is 0.597. The Bertz CT molecular complexity index is 786. The summed E-state index contributed by atoms with van der Waals surface area (Å²) in [5, 5.41) is 7.62. The van der Waals surface area contributed by atoms with Gasteiger partial charge in [-0.25, -0.2) is 4.98 Å². The largest absolute Gasteiger partial charge is 0.459 e. The third-order valence-electron chi connectivity index (χ3n) is 3.65. The smallest absolute Gasteiger partial charge is 0.290 e. The Morgan fingerprint density at radius 1 is 1.29 bits per heavy atom. The molecule has 0 fully saturated rings. The first-order valence-corrected chi connectivity index (χ1v) is 10.1. The van der Waals surface area contributed by atoms with Crippen LogP contribution in [0.3, 0.4) is 0 Å². The van der Waals surface area contributed by atoms with Gasteiger partial charge in [-0.05, 0) is 24.5 Å². The Morgan fingerprint density at radius 3 is 2.71 bits per heavy atom. The Labute approximate surface area is 168 Å². The zero-order valence-corrected chi connectivity index (χ0v) is 17.2. The normalized spacial score (nSPS) is 10.7. The second kappa shape index (κ2) is 10.6. The highest BCUT2D eigenvalue weighted by Crippen LogP contribution is 2.16. The lowest BCUT2D eigenvalue weighted by molar-refractivity contribution is -0.120. The van der Waals surface area contributed by atoms with E-state index in [4.69, 9.17) is 4.42 Å². The maximum absolute atomic E-state index is 12.5. The number of nitrogens with one attached hydrogen (secondary N) is 2. The standard InChI is InChI=1S/C19H26N4O4S/c1-4-7-20-16(24)9-14-12-28-19(21-14)22-17(25)11-23(10-13(2)3)18(26)15-6-5-8-27-15/h5-6,8,12-13H,4,7,9-11H2,1-3H3,(H,20,24)(H,21,22,25). The van der Waals surface area contributed by atoms with Crippen molar-refractivity contribution < 1.29 is 18.8 Å². The van der Waals surface area contributed by atoms with Crippen molar-refractivity contribution >= 4 is 34.2 Å². The molecule has 0 atom stereocenters. The van der Waals surface area contributed by atoms with Crippen molar-refractivity contribution in [2.45, 2.75) is 33.6 Å². The Kier molecular flexibility index (Phi) is 8.19. The van der Waals surface area contributed by atoms with Crippen molar-refractivity contribution in [3.8, 4) is 0 Å². The molecule has 2 aromatic rings. The molecular formula is C19H26N4O4S. The molecule has 0 bridgehead atoms. The lowest BCUT2D eigenvalue weighted by atomic mass is 10.2. The fourth-order valence-electron chi connectivity index (χ4n) is 2.49. The zero-order chi connectivity index (χ0) is 20.5. The van der Waals surface area contributed by atoms with Crippen LogP contribution < -0.4 is 10.6 Å². The molecule has 2 heterocycles. The van der Waals surface area contributed by atoms with Crippen LogP contribution in [0, 0.1) is 5.92 Å². The minimum absolute atomic E-state index is 0.0998. The van der Waals surface area contributed by atoms with E-state index < -0.39 is 0 Å². The molecule has 28 heavy (non-hydrogen) atoms. The molecular weight excluding hydrogens is 380 g/mol. The predicted molar refractivity (Wildman–Crippen MR) is 107 cm³/mol. The molecule has 0 spiro atoms. The SMILES string of the molecule is CCCNC(=O)Cc1csc(NC(=O)CN(CC(C)C)C(=O)c2ccco2)n1. The number of carbonyl (C=O) groups excluding carboxylic acids is 3. The minimum atomic E-state index is -0.350. The number of furan rings is 1. The van der Waals surface area contributed by atoms with E-state index in [1.54, 1.807) is 17.5 Å². The van der Waals surface area contributed by atoms with Crippen molar-refractivity contribution in [3.05, 3.63) is 35.2 Å². The van der Waals surface area contributed by atoms with E-state index in [2.05, 4.69) is 15.6 Å². The number of amides is 3. The number of nitrogens with zero attached hydrogens (tertiary/aromatic N) is 2. The van der Waals surface area contributed by atoms with Crippen molar-refractivity contribution in [2.75, 3.05) is 25.0 Å². The molecule has 0 saturated carbocycles. The third kappa shape index (κ3) is 6.80. The van der Waals surface area contributed by atoms with Gasteiger partial charge in [0.1, 0.15) is 6.54 Å². The summed E-state index contributed by atoms with van der Waals surface area (Å²) in [5.74, 6) is -0.391. The van der Waals surface area contributed by atoms with Gasteiger partial charge >= 0.3 is 0 Å². The molecule has 2 aromatic heterocycles. The van der Waals surface area contributed by atoms with Gasteiger partial charge in [0.15, 0.2) is 10.9 Å². The highest BCUT2D eigenvalue weighted by atomic mass is 32.1. The summed E-state index contributed by atoms with van der Waals surface area (Å²) >= 11 is 1.25. The molecule has 0 aromatic carbocycles. The van der Waals surface area contributed by atoms with Crippen LogP contribution in [-0.4, -0.2) is 47.2 Å². The molecule has 0 saturated heterocycles. The topological polar surface area (TPSA) is 105 Å². The van der Waals surface area contributed by atoms with Crippen molar-refractivity contribution in [1.29, 1.82) is 0 Å².